The standard InChI is InChI=1S/C18H21N3O4S/c1-14-4-7-17(21(22)23)12-18(14)26(24,25)19-13-15-5-8-16(9-6-15)20-10-2-3-11-20/h4-9,12,19H,2-3,10-11,13H2,1H3. The minimum atomic E-state index is -3.84. The highest BCUT2D eigenvalue weighted by molar-refractivity contribution is 7.89. The molecule has 7 nitrogen and oxygen atoms in total. The van der Waals surface area contributed by atoms with Gasteiger partial charge in [0.25, 0.3) is 5.69 Å². The summed E-state index contributed by atoms with van der Waals surface area (Å²) in [6.07, 6.45) is 2.40. The molecule has 1 saturated heterocycles. The monoisotopic (exact) mass is 375 g/mol. The molecule has 0 aromatic heterocycles. The topological polar surface area (TPSA) is 92.5 Å². The molecule has 0 amide bonds. The molecule has 1 aliphatic heterocycles. The number of aryl methyl sites for hydroxylation is 1. The van der Waals surface area contributed by atoms with Crippen molar-refractivity contribution in [3.63, 3.8) is 0 Å². The predicted molar refractivity (Wildman–Crippen MR) is 99.7 cm³/mol. The molecule has 0 spiro atoms. The van der Waals surface area contributed by atoms with E-state index in [1.54, 1.807) is 6.92 Å². The number of nitrogens with one attached hydrogen (secondary N) is 1. The van der Waals surface area contributed by atoms with E-state index < -0.39 is 14.9 Å². The van der Waals surface area contributed by atoms with Crippen molar-refractivity contribution in [2.24, 2.45) is 0 Å². The van der Waals surface area contributed by atoms with Crippen molar-refractivity contribution < 1.29 is 13.3 Å². The molecule has 0 aliphatic carbocycles. The Labute approximate surface area is 152 Å². The molecule has 26 heavy (non-hydrogen) atoms. The van der Waals surface area contributed by atoms with Gasteiger partial charge < -0.3 is 4.90 Å². The molecule has 138 valence electrons. The normalized spacial score (nSPS) is 14.6. The van der Waals surface area contributed by atoms with Crippen LogP contribution in [-0.4, -0.2) is 26.4 Å². The first-order valence-corrected chi connectivity index (χ1v) is 9.94. The van der Waals surface area contributed by atoms with E-state index in [-0.39, 0.29) is 17.1 Å². The van der Waals surface area contributed by atoms with E-state index in [4.69, 9.17) is 0 Å². The minimum Gasteiger partial charge on any atom is -0.372 e. The SMILES string of the molecule is Cc1ccc([N+](=O)[O-])cc1S(=O)(=O)NCc1ccc(N2CCCC2)cc1. The number of nitrogens with zero attached hydrogens (tertiary/aromatic N) is 2. The van der Waals surface area contributed by atoms with E-state index in [2.05, 4.69) is 9.62 Å². The Bertz CT molecular complexity index is 905. The highest BCUT2D eigenvalue weighted by Crippen LogP contribution is 2.23. The molecule has 1 heterocycles. The molecule has 3 rings (SSSR count). The van der Waals surface area contributed by atoms with Gasteiger partial charge >= 0.3 is 0 Å². The van der Waals surface area contributed by atoms with Gasteiger partial charge in [0.2, 0.25) is 10.0 Å². The van der Waals surface area contributed by atoms with Gasteiger partial charge in [0.15, 0.2) is 0 Å². The van der Waals surface area contributed by atoms with Crippen molar-refractivity contribution in [3.8, 4) is 0 Å². The largest absolute Gasteiger partial charge is 0.372 e. The van der Waals surface area contributed by atoms with Crippen LogP contribution in [0.3, 0.4) is 0 Å². The zero-order valence-electron chi connectivity index (χ0n) is 14.5. The van der Waals surface area contributed by atoms with E-state index >= 15 is 0 Å². The van der Waals surface area contributed by atoms with Crippen LogP contribution in [0.25, 0.3) is 0 Å². The highest BCUT2D eigenvalue weighted by Gasteiger charge is 2.20. The summed E-state index contributed by atoms with van der Waals surface area (Å²) < 4.78 is 27.6. The van der Waals surface area contributed by atoms with Crippen LogP contribution in [0.2, 0.25) is 0 Å². The molecule has 8 heteroatoms. The van der Waals surface area contributed by atoms with Crippen LogP contribution in [0.15, 0.2) is 47.4 Å². The van der Waals surface area contributed by atoms with Crippen molar-refractivity contribution in [2.75, 3.05) is 18.0 Å². The number of non-ortho nitro benzene ring substituents is 1. The van der Waals surface area contributed by atoms with Crippen molar-refractivity contribution in [1.82, 2.24) is 4.72 Å². The van der Waals surface area contributed by atoms with Crippen LogP contribution in [0, 0.1) is 17.0 Å². The fourth-order valence-corrected chi connectivity index (χ4v) is 4.33. The van der Waals surface area contributed by atoms with Crippen LogP contribution >= 0.6 is 0 Å². The molecular weight excluding hydrogens is 354 g/mol. The van der Waals surface area contributed by atoms with Crippen molar-refractivity contribution >= 4 is 21.4 Å². The fraction of sp³-hybridized carbons (Fsp3) is 0.333. The van der Waals surface area contributed by atoms with Crippen LogP contribution in [0.5, 0.6) is 0 Å². The first-order valence-electron chi connectivity index (χ1n) is 8.45. The first-order chi connectivity index (χ1) is 12.4. The van der Waals surface area contributed by atoms with Crippen LogP contribution in [0.1, 0.15) is 24.0 Å². The van der Waals surface area contributed by atoms with Crippen molar-refractivity contribution in [1.29, 1.82) is 0 Å². The summed E-state index contributed by atoms with van der Waals surface area (Å²) in [5.41, 5.74) is 2.20. The zero-order valence-corrected chi connectivity index (χ0v) is 15.3. The van der Waals surface area contributed by atoms with Gasteiger partial charge in [-0.15, -0.1) is 0 Å². The number of anilines is 1. The number of rotatable bonds is 6. The number of nitro groups is 1. The zero-order chi connectivity index (χ0) is 18.7. The summed E-state index contributed by atoms with van der Waals surface area (Å²) in [5, 5.41) is 10.9. The number of hydrogen-bond acceptors (Lipinski definition) is 5. The van der Waals surface area contributed by atoms with Gasteiger partial charge in [-0.25, -0.2) is 13.1 Å². The van der Waals surface area contributed by atoms with Crippen molar-refractivity contribution in [2.45, 2.75) is 31.2 Å². The molecule has 1 N–H and O–H groups in total. The quantitative estimate of drug-likeness (QED) is 0.619. The lowest BCUT2D eigenvalue weighted by Crippen LogP contribution is -2.24. The Kier molecular flexibility index (Phi) is 5.24. The summed E-state index contributed by atoms with van der Waals surface area (Å²) in [5.74, 6) is 0. The van der Waals surface area contributed by atoms with E-state index in [1.165, 1.54) is 25.0 Å². The highest BCUT2D eigenvalue weighted by atomic mass is 32.2. The lowest BCUT2D eigenvalue weighted by Gasteiger charge is -2.17. The Balaban J connectivity index is 1.72. The van der Waals surface area contributed by atoms with Crippen LogP contribution < -0.4 is 9.62 Å². The molecule has 0 radical (unpaired) electrons. The van der Waals surface area contributed by atoms with E-state index in [9.17, 15) is 18.5 Å². The van der Waals surface area contributed by atoms with E-state index in [0.717, 1.165) is 30.4 Å². The average molecular weight is 375 g/mol. The molecule has 0 saturated carbocycles. The number of sulfonamides is 1. The molecular formula is C18H21N3O4S. The fourth-order valence-electron chi connectivity index (χ4n) is 3.05. The Morgan fingerprint density at radius 1 is 1.12 bits per heavy atom. The lowest BCUT2D eigenvalue weighted by molar-refractivity contribution is -0.385. The third-order valence-corrected chi connectivity index (χ3v) is 6.09. The summed E-state index contributed by atoms with van der Waals surface area (Å²) in [6.45, 7) is 3.85. The van der Waals surface area contributed by atoms with Gasteiger partial charge in [-0.1, -0.05) is 18.2 Å². The maximum absolute atomic E-state index is 12.5. The molecule has 2 aromatic carbocycles. The minimum absolute atomic E-state index is 0.0691. The summed E-state index contributed by atoms with van der Waals surface area (Å²) in [7, 11) is -3.84. The molecule has 2 aromatic rings. The van der Waals surface area contributed by atoms with Crippen LogP contribution in [0.4, 0.5) is 11.4 Å². The third-order valence-electron chi connectivity index (χ3n) is 4.55. The summed E-state index contributed by atoms with van der Waals surface area (Å²) in [6, 6.07) is 11.6. The molecule has 0 unspecified atom stereocenters. The van der Waals surface area contributed by atoms with Crippen LogP contribution in [-0.2, 0) is 16.6 Å². The number of nitro benzene ring substituents is 1. The smallest absolute Gasteiger partial charge is 0.270 e. The second-order valence-electron chi connectivity index (χ2n) is 6.39. The Hall–Kier alpha value is -2.45. The third kappa shape index (κ3) is 4.03. The van der Waals surface area contributed by atoms with Crippen molar-refractivity contribution in [3.05, 3.63) is 63.7 Å². The van der Waals surface area contributed by atoms with Gasteiger partial charge in [-0.3, -0.25) is 10.1 Å². The van der Waals surface area contributed by atoms with Gasteiger partial charge in [0.1, 0.15) is 0 Å². The summed E-state index contributed by atoms with van der Waals surface area (Å²) >= 11 is 0. The average Bonchev–Trinajstić information content (AvgIpc) is 3.15. The molecule has 0 bridgehead atoms. The second kappa shape index (κ2) is 7.43. The second-order valence-corrected chi connectivity index (χ2v) is 8.13. The van der Waals surface area contributed by atoms with E-state index in [1.807, 2.05) is 24.3 Å². The molecule has 1 fully saturated rings. The van der Waals surface area contributed by atoms with Gasteiger partial charge in [0, 0.05) is 37.5 Å². The van der Waals surface area contributed by atoms with Gasteiger partial charge in [-0.05, 0) is 43.0 Å². The summed E-state index contributed by atoms with van der Waals surface area (Å²) in [4.78, 5) is 12.5. The van der Waals surface area contributed by atoms with Gasteiger partial charge in [-0.2, -0.15) is 0 Å². The molecule has 0 atom stereocenters. The maximum Gasteiger partial charge on any atom is 0.270 e. The predicted octanol–water partition coefficient (Wildman–Crippen LogP) is 2.98. The van der Waals surface area contributed by atoms with E-state index in [0.29, 0.717) is 5.56 Å². The number of benzene rings is 2. The maximum atomic E-state index is 12.5. The Morgan fingerprint density at radius 3 is 2.38 bits per heavy atom. The van der Waals surface area contributed by atoms with Gasteiger partial charge in [0.05, 0.1) is 9.82 Å². The lowest BCUT2D eigenvalue weighted by atomic mass is 10.2. The number of hydrogen-bond donors (Lipinski definition) is 1. The molecule has 1 aliphatic rings. The Morgan fingerprint density at radius 2 is 1.77 bits per heavy atom. The first kappa shape index (κ1) is 18.3.